The van der Waals surface area contributed by atoms with Crippen LogP contribution in [0.1, 0.15) is 61.4 Å². The molecule has 0 spiro atoms. The molecule has 1 fully saturated rings. The van der Waals surface area contributed by atoms with Gasteiger partial charge in [-0.2, -0.15) is 4.31 Å². The standard InChI is InChI=1S/C24H32N2O4S/c1-3-4-9-19-10-13-21(14-11-19)25-24(27)20-12-15-22(30-2)23(18-20)31(28,29)26-16-7-5-6-8-17-26/h10-15,18H,3-9,16-17H2,1-2H3,(H,25,27). The molecule has 2 aromatic rings. The number of anilines is 1. The van der Waals surface area contributed by atoms with Crippen LogP contribution in [-0.2, 0) is 16.4 Å². The molecule has 0 atom stereocenters. The summed E-state index contributed by atoms with van der Waals surface area (Å²) in [5, 5.41) is 2.86. The number of carbonyl (C=O) groups is 1. The monoisotopic (exact) mass is 444 g/mol. The van der Waals surface area contributed by atoms with Crippen molar-refractivity contribution in [2.45, 2.75) is 56.8 Å². The molecule has 0 radical (unpaired) electrons. The van der Waals surface area contributed by atoms with Crippen molar-refractivity contribution in [3.63, 3.8) is 0 Å². The second-order valence-electron chi connectivity index (χ2n) is 7.94. The van der Waals surface area contributed by atoms with E-state index >= 15 is 0 Å². The highest BCUT2D eigenvalue weighted by Crippen LogP contribution is 2.29. The Morgan fingerprint density at radius 1 is 1.03 bits per heavy atom. The van der Waals surface area contributed by atoms with Gasteiger partial charge < -0.3 is 10.1 Å². The smallest absolute Gasteiger partial charge is 0.255 e. The van der Waals surface area contributed by atoms with Crippen molar-refractivity contribution in [3.8, 4) is 5.75 Å². The Bertz CT molecular complexity index is 979. The highest BCUT2D eigenvalue weighted by atomic mass is 32.2. The van der Waals surface area contributed by atoms with Crippen molar-refractivity contribution in [1.82, 2.24) is 4.31 Å². The highest BCUT2D eigenvalue weighted by molar-refractivity contribution is 7.89. The Balaban J connectivity index is 1.81. The lowest BCUT2D eigenvalue weighted by Crippen LogP contribution is -2.32. The number of unbranched alkanes of at least 4 members (excludes halogenated alkanes) is 1. The Morgan fingerprint density at radius 2 is 1.71 bits per heavy atom. The second kappa shape index (κ2) is 10.8. The van der Waals surface area contributed by atoms with E-state index in [0.29, 0.717) is 18.8 Å². The third-order valence-corrected chi connectivity index (χ3v) is 7.56. The fourth-order valence-corrected chi connectivity index (χ4v) is 5.48. The van der Waals surface area contributed by atoms with Gasteiger partial charge in [0.15, 0.2) is 0 Å². The summed E-state index contributed by atoms with van der Waals surface area (Å²) >= 11 is 0. The van der Waals surface area contributed by atoms with Gasteiger partial charge in [0.05, 0.1) is 7.11 Å². The third kappa shape index (κ3) is 5.86. The van der Waals surface area contributed by atoms with Gasteiger partial charge in [-0.15, -0.1) is 0 Å². The maximum absolute atomic E-state index is 13.3. The molecule has 1 saturated heterocycles. The predicted molar refractivity (Wildman–Crippen MR) is 123 cm³/mol. The fourth-order valence-electron chi connectivity index (χ4n) is 3.78. The van der Waals surface area contributed by atoms with Gasteiger partial charge in [0.25, 0.3) is 5.91 Å². The molecule has 2 aromatic carbocycles. The van der Waals surface area contributed by atoms with Crippen LogP contribution in [0.25, 0.3) is 0 Å². The SMILES string of the molecule is CCCCc1ccc(NC(=O)c2ccc(OC)c(S(=O)(=O)N3CCCCCC3)c2)cc1. The third-order valence-electron chi connectivity index (χ3n) is 5.64. The van der Waals surface area contributed by atoms with Gasteiger partial charge in [-0.1, -0.05) is 38.3 Å². The minimum atomic E-state index is -3.74. The average molecular weight is 445 g/mol. The molecule has 31 heavy (non-hydrogen) atoms. The molecule has 168 valence electrons. The number of carbonyl (C=O) groups excluding carboxylic acids is 1. The molecule has 3 rings (SSSR count). The number of hydrogen-bond acceptors (Lipinski definition) is 4. The molecule has 7 heteroatoms. The fraction of sp³-hybridized carbons (Fsp3) is 0.458. The van der Waals surface area contributed by atoms with Crippen molar-refractivity contribution in [2.75, 3.05) is 25.5 Å². The lowest BCUT2D eigenvalue weighted by atomic mass is 10.1. The number of hydrogen-bond donors (Lipinski definition) is 1. The Kier molecular flexibility index (Phi) is 8.09. The minimum Gasteiger partial charge on any atom is -0.495 e. The Labute approximate surface area is 185 Å². The first kappa shape index (κ1) is 23.3. The molecular formula is C24H32N2O4S. The first-order chi connectivity index (χ1) is 15.0. The molecule has 1 N–H and O–H groups in total. The average Bonchev–Trinajstić information content (AvgIpc) is 3.08. The number of methoxy groups -OCH3 is 1. The molecule has 0 aromatic heterocycles. The summed E-state index contributed by atoms with van der Waals surface area (Å²) in [4.78, 5) is 12.9. The topological polar surface area (TPSA) is 75.7 Å². The summed E-state index contributed by atoms with van der Waals surface area (Å²) in [5.74, 6) is -0.0997. The number of aryl methyl sites for hydroxylation is 1. The van der Waals surface area contributed by atoms with Crippen LogP contribution in [0, 0.1) is 0 Å². The number of sulfonamides is 1. The highest BCUT2D eigenvalue weighted by Gasteiger charge is 2.29. The van der Waals surface area contributed by atoms with Gasteiger partial charge in [-0.3, -0.25) is 4.79 Å². The van der Waals surface area contributed by atoms with Crippen molar-refractivity contribution in [2.24, 2.45) is 0 Å². The first-order valence-corrected chi connectivity index (χ1v) is 12.5. The normalized spacial score (nSPS) is 15.3. The molecule has 1 heterocycles. The number of rotatable bonds is 8. The molecule has 1 aliphatic heterocycles. The van der Waals surface area contributed by atoms with Crippen molar-refractivity contribution in [1.29, 1.82) is 0 Å². The predicted octanol–water partition coefficient (Wildman–Crippen LogP) is 4.85. The lowest BCUT2D eigenvalue weighted by Gasteiger charge is -2.21. The summed E-state index contributed by atoms with van der Waals surface area (Å²) < 4.78 is 33.4. The molecule has 1 aliphatic rings. The molecule has 0 bridgehead atoms. The lowest BCUT2D eigenvalue weighted by molar-refractivity contribution is 0.102. The minimum absolute atomic E-state index is 0.0412. The zero-order valence-corrected chi connectivity index (χ0v) is 19.2. The molecule has 0 saturated carbocycles. The quantitative estimate of drug-likeness (QED) is 0.631. The van der Waals surface area contributed by atoms with Crippen LogP contribution in [0.3, 0.4) is 0 Å². The molecule has 1 amide bonds. The van der Waals surface area contributed by atoms with Gasteiger partial charge in [-0.05, 0) is 61.6 Å². The van der Waals surface area contributed by atoms with Crippen LogP contribution in [0.5, 0.6) is 5.75 Å². The van der Waals surface area contributed by atoms with E-state index in [0.717, 1.165) is 44.9 Å². The molecule has 0 aliphatic carbocycles. The summed E-state index contributed by atoms with van der Waals surface area (Å²) in [7, 11) is -2.30. The van der Waals surface area contributed by atoms with E-state index in [1.54, 1.807) is 12.1 Å². The van der Waals surface area contributed by atoms with E-state index in [2.05, 4.69) is 12.2 Å². The van der Waals surface area contributed by atoms with E-state index in [-0.39, 0.29) is 22.1 Å². The number of ether oxygens (including phenoxy) is 1. The summed E-state index contributed by atoms with van der Waals surface area (Å²) in [6.45, 7) is 3.14. The maximum Gasteiger partial charge on any atom is 0.255 e. The van der Waals surface area contributed by atoms with Crippen LogP contribution in [-0.4, -0.2) is 38.8 Å². The Morgan fingerprint density at radius 3 is 2.32 bits per heavy atom. The van der Waals surface area contributed by atoms with Crippen molar-refractivity contribution in [3.05, 3.63) is 53.6 Å². The number of amides is 1. The summed E-state index contributed by atoms with van der Waals surface area (Å²) in [5.41, 5.74) is 2.19. The van der Waals surface area contributed by atoms with Gasteiger partial charge >= 0.3 is 0 Å². The van der Waals surface area contributed by atoms with Crippen LogP contribution in [0.15, 0.2) is 47.4 Å². The number of benzene rings is 2. The maximum atomic E-state index is 13.3. The number of nitrogens with one attached hydrogen (secondary N) is 1. The van der Waals surface area contributed by atoms with E-state index in [4.69, 9.17) is 4.74 Å². The zero-order chi connectivity index (χ0) is 22.3. The van der Waals surface area contributed by atoms with Gasteiger partial charge in [-0.25, -0.2) is 8.42 Å². The van der Waals surface area contributed by atoms with Crippen LogP contribution >= 0.6 is 0 Å². The van der Waals surface area contributed by atoms with E-state index in [9.17, 15) is 13.2 Å². The van der Waals surface area contributed by atoms with Gasteiger partial charge in [0, 0.05) is 24.3 Å². The van der Waals surface area contributed by atoms with E-state index in [1.165, 1.54) is 23.0 Å². The zero-order valence-electron chi connectivity index (χ0n) is 18.4. The van der Waals surface area contributed by atoms with Crippen LogP contribution < -0.4 is 10.1 Å². The van der Waals surface area contributed by atoms with Crippen LogP contribution in [0.2, 0.25) is 0 Å². The van der Waals surface area contributed by atoms with Gasteiger partial charge in [0.1, 0.15) is 10.6 Å². The second-order valence-corrected chi connectivity index (χ2v) is 9.84. The van der Waals surface area contributed by atoms with Crippen LogP contribution in [0.4, 0.5) is 5.69 Å². The largest absolute Gasteiger partial charge is 0.495 e. The number of nitrogens with zero attached hydrogens (tertiary/aromatic N) is 1. The van der Waals surface area contributed by atoms with Crippen molar-refractivity contribution >= 4 is 21.6 Å². The first-order valence-electron chi connectivity index (χ1n) is 11.0. The van der Waals surface area contributed by atoms with E-state index in [1.807, 2.05) is 24.3 Å². The summed E-state index contributed by atoms with van der Waals surface area (Å²) in [6.07, 6.45) is 7.03. The van der Waals surface area contributed by atoms with Crippen molar-refractivity contribution < 1.29 is 17.9 Å². The molecular weight excluding hydrogens is 412 g/mol. The Hall–Kier alpha value is -2.38. The summed E-state index contributed by atoms with van der Waals surface area (Å²) in [6, 6.07) is 12.3. The molecule has 6 nitrogen and oxygen atoms in total. The van der Waals surface area contributed by atoms with Gasteiger partial charge in [0.2, 0.25) is 10.0 Å². The van der Waals surface area contributed by atoms with E-state index < -0.39 is 10.0 Å². The molecule has 0 unspecified atom stereocenters.